The van der Waals surface area contributed by atoms with Gasteiger partial charge in [-0.1, -0.05) is 0 Å². The highest BCUT2D eigenvalue weighted by Gasteiger charge is 2.29. The molecule has 5 heteroatoms. The number of nitrogens with one attached hydrogen (secondary N) is 1. The molecule has 1 saturated carbocycles. The van der Waals surface area contributed by atoms with Crippen LogP contribution in [0.15, 0.2) is 6.20 Å². The van der Waals surface area contributed by atoms with Gasteiger partial charge in [-0.25, -0.2) is 0 Å². The van der Waals surface area contributed by atoms with E-state index in [2.05, 4.69) is 10.4 Å². The number of nitrogens with two attached hydrogens (primary N) is 1. The second-order valence-corrected chi connectivity index (χ2v) is 4.17. The Morgan fingerprint density at radius 3 is 2.87 bits per heavy atom. The summed E-state index contributed by atoms with van der Waals surface area (Å²) in [6, 6.07) is 0.229. The van der Waals surface area contributed by atoms with Gasteiger partial charge in [0.25, 0.3) is 5.91 Å². The van der Waals surface area contributed by atoms with Gasteiger partial charge in [-0.15, -0.1) is 0 Å². The molecular weight excluding hydrogens is 192 g/mol. The molecule has 15 heavy (non-hydrogen) atoms. The second-order valence-electron chi connectivity index (χ2n) is 4.17. The Labute approximate surface area is 88.6 Å². The molecule has 0 aliphatic heterocycles. The number of hydrogen-bond acceptors (Lipinski definition) is 3. The van der Waals surface area contributed by atoms with Gasteiger partial charge < -0.3 is 11.1 Å². The number of carbonyl (C=O) groups is 1. The number of nitrogen functional groups attached to an aromatic ring is 1. The molecule has 0 saturated heterocycles. The molecule has 0 aromatic carbocycles. The predicted octanol–water partition coefficient (Wildman–Crippen LogP) is 0.531. The van der Waals surface area contributed by atoms with Crippen molar-refractivity contribution in [3.8, 4) is 0 Å². The van der Waals surface area contributed by atoms with Gasteiger partial charge in [0, 0.05) is 13.1 Å². The van der Waals surface area contributed by atoms with Gasteiger partial charge in [0.1, 0.15) is 5.69 Å². The molecule has 2 rings (SSSR count). The molecule has 1 atom stereocenters. The predicted molar refractivity (Wildman–Crippen MR) is 57.3 cm³/mol. The summed E-state index contributed by atoms with van der Waals surface area (Å²) < 4.78 is 1.50. The van der Waals surface area contributed by atoms with Crippen LogP contribution in [-0.4, -0.2) is 21.7 Å². The highest BCUT2D eigenvalue weighted by molar-refractivity contribution is 5.97. The minimum Gasteiger partial charge on any atom is -0.396 e. The molecule has 1 aromatic rings. The smallest absolute Gasteiger partial charge is 0.271 e. The van der Waals surface area contributed by atoms with Crippen molar-refractivity contribution in [2.24, 2.45) is 13.0 Å². The Hall–Kier alpha value is -1.52. The maximum absolute atomic E-state index is 11.8. The fraction of sp³-hybridized carbons (Fsp3) is 0.600. The fourth-order valence-electron chi connectivity index (χ4n) is 1.72. The zero-order valence-electron chi connectivity index (χ0n) is 9.03. The standard InChI is InChI=1S/C10H16N4O/c1-6(7-3-4-7)13-10(15)9-8(11)5-12-14(9)2/h5-7H,3-4,11H2,1-2H3,(H,13,15). The fourth-order valence-corrected chi connectivity index (χ4v) is 1.72. The highest BCUT2D eigenvalue weighted by Crippen LogP contribution is 2.32. The van der Waals surface area contributed by atoms with E-state index in [0.29, 0.717) is 17.3 Å². The quantitative estimate of drug-likeness (QED) is 0.761. The number of hydrogen-bond donors (Lipinski definition) is 2. The zero-order chi connectivity index (χ0) is 11.0. The largest absolute Gasteiger partial charge is 0.396 e. The molecule has 0 spiro atoms. The van der Waals surface area contributed by atoms with Gasteiger partial charge >= 0.3 is 0 Å². The van der Waals surface area contributed by atoms with Crippen LogP contribution in [0.2, 0.25) is 0 Å². The van der Waals surface area contributed by atoms with Gasteiger partial charge in [-0.05, 0) is 25.7 Å². The van der Waals surface area contributed by atoms with Crippen molar-refractivity contribution in [2.75, 3.05) is 5.73 Å². The summed E-state index contributed by atoms with van der Waals surface area (Å²) in [5, 5.41) is 6.88. The van der Waals surface area contributed by atoms with Crippen molar-refractivity contribution in [3.63, 3.8) is 0 Å². The summed E-state index contributed by atoms with van der Waals surface area (Å²) in [6.07, 6.45) is 3.92. The third-order valence-corrected chi connectivity index (χ3v) is 2.87. The number of anilines is 1. The maximum atomic E-state index is 11.8. The van der Waals surface area contributed by atoms with Crippen LogP contribution in [0, 0.1) is 5.92 Å². The van der Waals surface area contributed by atoms with Crippen LogP contribution in [-0.2, 0) is 7.05 Å². The molecule has 1 aromatic heterocycles. The van der Waals surface area contributed by atoms with Crippen molar-refractivity contribution in [3.05, 3.63) is 11.9 Å². The van der Waals surface area contributed by atoms with Crippen LogP contribution in [0.5, 0.6) is 0 Å². The molecule has 82 valence electrons. The molecule has 1 unspecified atom stereocenters. The van der Waals surface area contributed by atoms with Gasteiger partial charge in [0.2, 0.25) is 0 Å². The van der Waals surface area contributed by atoms with E-state index in [0.717, 1.165) is 0 Å². The third kappa shape index (κ3) is 1.95. The lowest BCUT2D eigenvalue weighted by Gasteiger charge is -2.12. The number of aromatic nitrogens is 2. The number of carbonyl (C=O) groups excluding carboxylic acids is 1. The van der Waals surface area contributed by atoms with Crippen molar-refractivity contribution >= 4 is 11.6 Å². The first-order chi connectivity index (χ1) is 7.09. The molecule has 1 amide bonds. The first kappa shape index (κ1) is 10.0. The van der Waals surface area contributed by atoms with Crippen molar-refractivity contribution in [2.45, 2.75) is 25.8 Å². The Morgan fingerprint density at radius 1 is 1.73 bits per heavy atom. The van der Waals surface area contributed by atoms with Crippen LogP contribution in [0.1, 0.15) is 30.3 Å². The summed E-state index contributed by atoms with van der Waals surface area (Å²) >= 11 is 0. The van der Waals surface area contributed by atoms with E-state index in [1.165, 1.54) is 23.7 Å². The topological polar surface area (TPSA) is 72.9 Å². The molecule has 1 aliphatic carbocycles. The van der Waals surface area contributed by atoms with Crippen molar-refractivity contribution in [1.29, 1.82) is 0 Å². The monoisotopic (exact) mass is 208 g/mol. The van der Waals surface area contributed by atoms with Gasteiger partial charge in [-0.3, -0.25) is 9.48 Å². The van der Waals surface area contributed by atoms with E-state index in [9.17, 15) is 4.79 Å². The second kappa shape index (κ2) is 3.56. The van der Waals surface area contributed by atoms with Gasteiger partial charge in [0.05, 0.1) is 11.9 Å². The van der Waals surface area contributed by atoms with Crippen LogP contribution in [0.4, 0.5) is 5.69 Å². The van der Waals surface area contributed by atoms with E-state index in [1.54, 1.807) is 7.05 Å². The zero-order valence-corrected chi connectivity index (χ0v) is 9.03. The minimum atomic E-state index is -0.132. The van der Waals surface area contributed by atoms with Crippen LogP contribution in [0.3, 0.4) is 0 Å². The summed E-state index contributed by atoms with van der Waals surface area (Å²) in [6.45, 7) is 2.03. The average Bonchev–Trinajstić information content (AvgIpc) is 2.94. The number of amides is 1. The summed E-state index contributed by atoms with van der Waals surface area (Å²) in [5.74, 6) is 0.510. The molecule has 1 fully saturated rings. The Morgan fingerprint density at radius 2 is 2.40 bits per heavy atom. The molecule has 3 N–H and O–H groups in total. The van der Waals surface area contributed by atoms with Crippen molar-refractivity contribution in [1.82, 2.24) is 15.1 Å². The molecule has 0 bridgehead atoms. The molecular formula is C10H16N4O. The van der Waals surface area contributed by atoms with Crippen LogP contribution < -0.4 is 11.1 Å². The van der Waals surface area contributed by atoms with E-state index in [4.69, 9.17) is 5.73 Å². The third-order valence-electron chi connectivity index (χ3n) is 2.87. The normalized spacial score (nSPS) is 17.5. The van der Waals surface area contributed by atoms with Gasteiger partial charge in [0.15, 0.2) is 0 Å². The van der Waals surface area contributed by atoms with Crippen LogP contribution in [0.25, 0.3) is 0 Å². The number of rotatable bonds is 3. The van der Waals surface area contributed by atoms with E-state index in [1.807, 2.05) is 6.92 Å². The summed E-state index contributed by atoms with van der Waals surface area (Å²) in [7, 11) is 1.72. The molecule has 0 radical (unpaired) electrons. The number of aryl methyl sites for hydroxylation is 1. The van der Waals surface area contributed by atoms with Crippen LogP contribution >= 0.6 is 0 Å². The minimum absolute atomic E-state index is 0.132. The lowest BCUT2D eigenvalue weighted by atomic mass is 10.2. The van der Waals surface area contributed by atoms with E-state index in [-0.39, 0.29) is 11.9 Å². The summed E-state index contributed by atoms with van der Waals surface area (Å²) in [5.41, 5.74) is 6.54. The molecule has 1 aliphatic rings. The highest BCUT2D eigenvalue weighted by atomic mass is 16.2. The first-order valence-corrected chi connectivity index (χ1v) is 5.18. The lowest BCUT2D eigenvalue weighted by Crippen LogP contribution is -2.35. The van der Waals surface area contributed by atoms with E-state index < -0.39 is 0 Å². The van der Waals surface area contributed by atoms with E-state index >= 15 is 0 Å². The lowest BCUT2D eigenvalue weighted by molar-refractivity contribution is 0.0927. The first-order valence-electron chi connectivity index (χ1n) is 5.18. The summed E-state index contributed by atoms with van der Waals surface area (Å²) in [4.78, 5) is 11.8. The van der Waals surface area contributed by atoms with Gasteiger partial charge in [-0.2, -0.15) is 5.10 Å². The van der Waals surface area contributed by atoms with Crippen molar-refractivity contribution < 1.29 is 4.79 Å². The SMILES string of the molecule is CC(NC(=O)c1c(N)cnn1C)C1CC1. The maximum Gasteiger partial charge on any atom is 0.271 e. The average molecular weight is 208 g/mol. The molecule has 5 nitrogen and oxygen atoms in total. The Kier molecular flexibility index (Phi) is 2.38. The Balaban J connectivity index is 2.06. The molecule has 1 heterocycles. The number of nitrogens with zero attached hydrogens (tertiary/aromatic N) is 2. The Bertz CT molecular complexity index is 361.